The summed E-state index contributed by atoms with van der Waals surface area (Å²) in [6.45, 7) is 6.09. The lowest BCUT2D eigenvalue weighted by molar-refractivity contribution is -0.149. The molecule has 0 aromatic heterocycles. The molecule has 0 radical (unpaired) electrons. The Morgan fingerprint density at radius 1 is 1.53 bits per heavy atom. The average molecular weight is 215 g/mol. The largest absolute Gasteiger partial charge is 0.465 e. The van der Waals surface area contributed by atoms with Gasteiger partial charge in [-0.15, -0.1) is 0 Å². The minimum Gasteiger partial charge on any atom is -0.465 e. The topological polar surface area (TPSA) is 47.6 Å². The van der Waals surface area contributed by atoms with E-state index in [1.165, 1.54) is 0 Å². The summed E-state index contributed by atoms with van der Waals surface area (Å²) in [6, 6.07) is 0. The molecule has 1 rings (SSSR count). The maximum absolute atomic E-state index is 11.5. The summed E-state index contributed by atoms with van der Waals surface area (Å²) in [4.78, 5) is 11.5. The zero-order chi connectivity index (χ0) is 11.3. The van der Waals surface area contributed by atoms with Gasteiger partial charge >= 0.3 is 5.97 Å². The molecule has 0 saturated carbocycles. The van der Waals surface area contributed by atoms with Gasteiger partial charge in [-0.3, -0.25) is 4.79 Å². The smallest absolute Gasteiger partial charge is 0.310 e. The molecule has 1 saturated heterocycles. The molecule has 0 aromatic carbocycles. The summed E-state index contributed by atoms with van der Waals surface area (Å²) in [7, 11) is 1.67. The van der Waals surface area contributed by atoms with E-state index in [0.29, 0.717) is 6.61 Å². The molecule has 1 fully saturated rings. The van der Waals surface area contributed by atoms with Crippen LogP contribution < -0.4 is 5.32 Å². The van der Waals surface area contributed by atoms with Crippen molar-refractivity contribution in [2.24, 2.45) is 5.92 Å². The number of carbonyl (C=O) groups excluding carboxylic acids is 1. The number of ether oxygens (including phenoxy) is 2. The number of nitrogens with one attached hydrogen (secondary N) is 1. The molecule has 0 bridgehead atoms. The first kappa shape index (κ1) is 12.5. The minimum atomic E-state index is -0.214. The number of hydrogen-bond donors (Lipinski definition) is 1. The van der Waals surface area contributed by atoms with Crippen LogP contribution in [0.15, 0.2) is 0 Å². The Morgan fingerprint density at radius 3 is 2.80 bits per heavy atom. The maximum Gasteiger partial charge on any atom is 0.310 e. The van der Waals surface area contributed by atoms with Crippen LogP contribution in [0.25, 0.3) is 0 Å². The van der Waals surface area contributed by atoms with Gasteiger partial charge in [0.15, 0.2) is 0 Å². The molecule has 1 heterocycles. The van der Waals surface area contributed by atoms with E-state index < -0.39 is 0 Å². The number of methoxy groups -OCH3 is 1. The number of carbonyl (C=O) groups is 1. The van der Waals surface area contributed by atoms with Crippen LogP contribution in [0.1, 0.15) is 26.7 Å². The van der Waals surface area contributed by atoms with Gasteiger partial charge in [-0.1, -0.05) is 0 Å². The molecular formula is C11H21NO3. The van der Waals surface area contributed by atoms with E-state index >= 15 is 0 Å². The Kier molecular flexibility index (Phi) is 4.54. The van der Waals surface area contributed by atoms with Crippen LogP contribution in [0, 0.1) is 5.92 Å². The second kappa shape index (κ2) is 5.47. The molecule has 1 N–H and O–H groups in total. The number of hydrogen-bond acceptors (Lipinski definition) is 4. The lowest BCUT2D eigenvalue weighted by atomic mass is 10.1. The van der Waals surface area contributed by atoms with Gasteiger partial charge in [0.1, 0.15) is 0 Å². The highest BCUT2D eigenvalue weighted by Gasteiger charge is 2.24. The van der Waals surface area contributed by atoms with Crippen molar-refractivity contribution in [1.82, 2.24) is 5.32 Å². The third-order valence-electron chi connectivity index (χ3n) is 2.89. The molecule has 4 nitrogen and oxygen atoms in total. The van der Waals surface area contributed by atoms with Crippen molar-refractivity contribution in [3.05, 3.63) is 0 Å². The molecule has 0 spiro atoms. The summed E-state index contributed by atoms with van der Waals surface area (Å²) in [5.74, 6) is -0.0254. The predicted molar refractivity (Wildman–Crippen MR) is 57.6 cm³/mol. The summed E-state index contributed by atoms with van der Waals surface area (Å²) >= 11 is 0. The third-order valence-corrected chi connectivity index (χ3v) is 2.89. The average Bonchev–Trinajstić information content (AvgIpc) is 2.70. The summed E-state index contributed by atoms with van der Waals surface area (Å²) < 4.78 is 10.4. The van der Waals surface area contributed by atoms with E-state index in [-0.39, 0.29) is 17.5 Å². The molecule has 0 aromatic rings. The Bertz CT molecular complexity index is 210. The molecule has 15 heavy (non-hydrogen) atoms. The second-order valence-corrected chi connectivity index (χ2v) is 4.57. The normalized spacial score (nSPS) is 21.7. The maximum atomic E-state index is 11.5. The van der Waals surface area contributed by atoms with Gasteiger partial charge in [0.25, 0.3) is 0 Å². The molecule has 1 unspecified atom stereocenters. The van der Waals surface area contributed by atoms with Crippen LogP contribution in [0.4, 0.5) is 0 Å². The Morgan fingerprint density at radius 2 is 2.27 bits per heavy atom. The first-order chi connectivity index (χ1) is 7.05. The molecule has 1 aliphatic rings. The van der Waals surface area contributed by atoms with E-state index in [1.54, 1.807) is 7.11 Å². The van der Waals surface area contributed by atoms with Gasteiger partial charge in [0, 0.05) is 20.1 Å². The molecular weight excluding hydrogens is 194 g/mol. The van der Waals surface area contributed by atoms with Crippen molar-refractivity contribution >= 4 is 5.97 Å². The van der Waals surface area contributed by atoms with E-state index in [1.807, 2.05) is 13.8 Å². The fourth-order valence-electron chi connectivity index (χ4n) is 1.47. The predicted octanol–water partition coefficient (Wildman–Crippen LogP) is 0.954. The van der Waals surface area contributed by atoms with Crippen LogP contribution in [-0.4, -0.2) is 38.4 Å². The summed E-state index contributed by atoms with van der Waals surface area (Å²) in [5, 5.41) is 3.15. The van der Waals surface area contributed by atoms with Crippen LogP contribution in [0.2, 0.25) is 0 Å². The fraction of sp³-hybridized carbons (Fsp3) is 0.909. The first-order valence-electron chi connectivity index (χ1n) is 5.48. The zero-order valence-corrected chi connectivity index (χ0v) is 9.84. The number of esters is 1. The molecule has 1 atom stereocenters. The van der Waals surface area contributed by atoms with E-state index in [0.717, 1.165) is 25.9 Å². The fourth-order valence-corrected chi connectivity index (χ4v) is 1.47. The van der Waals surface area contributed by atoms with Gasteiger partial charge in [0.05, 0.1) is 18.1 Å². The van der Waals surface area contributed by atoms with Crippen LogP contribution >= 0.6 is 0 Å². The first-order valence-corrected chi connectivity index (χ1v) is 5.48. The third kappa shape index (κ3) is 4.18. The summed E-state index contributed by atoms with van der Waals surface area (Å²) in [5.41, 5.74) is -0.214. The Balaban J connectivity index is 2.16. The SMILES string of the molecule is COC(C)(C)CCOC(=O)C1CCNC1. The molecule has 0 amide bonds. The van der Waals surface area contributed by atoms with Crippen LogP contribution in [0.3, 0.4) is 0 Å². The lowest BCUT2D eigenvalue weighted by Crippen LogP contribution is -2.27. The minimum absolute atomic E-state index is 0.0515. The highest BCUT2D eigenvalue weighted by molar-refractivity contribution is 5.73. The molecule has 1 aliphatic heterocycles. The van der Waals surface area contributed by atoms with Crippen molar-refractivity contribution in [1.29, 1.82) is 0 Å². The van der Waals surface area contributed by atoms with Gasteiger partial charge in [-0.05, 0) is 26.8 Å². The van der Waals surface area contributed by atoms with E-state index in [2.05, 4.69) is 5.32 Å². The Hall–Kier alpha value is -0.610. The van der Waals surface area contributed by atoms with Crippen LogP contribution in [-0.2, 0) is 14.3 Å². The van der Waals surface area contributed by atoms with Gasteiger partial charge in [-0.25, -0.2) is 0 Å². The highest BCUT2D eigenvalue weighted by Crippen LogP contribution is 2.14. The van der Waals surface area contributed by atoms with Crippen molar-refractivity contribution in [3.8, 4) is 0 Å². The van der Waals surface area contributed by atoms with Gasteiger partial charge < -0.3 is 14.8 Å². The highest BCUT2D eigenvalue weighted by atomic mass is 16.5. The van der Waals surface area contributed by atoms with Gasteiger partial charge in [-0.2, -0.15) is 0 Å². The lowest BCUT2D eigenvalue weighted by Gasteiger charge is -2.22. The Labute approximate surface area is 91.3 Å². The standard InChI is InChI=1S/C11H21NO3/c1-11(2,14-3)5-7-15-10(13)9-4-6-12-8-9/h9,12H,4-8H2,1-3H3. The summed E-state index contributed by atoms with van der Waals surface area (Å²) in [6.07, 6.45) is 1.63. The quantitative estimate of drug-likeness (QED) is 0.694. The van der Waals surface area contributed by atoms with Gasteiger partial charge in [0.2, 0.25) is 0 Å². The zero-order valence-electron chi connectivity index (χ0n) is 9.84. The van der Waals surface area contributed by atoms with Crippen molar-refractivity contribution in [3.63, 3.8) is 0 Å². The molecule has 4 heteroatoms. The molecule has 0 aliphatic carbocycles. The van der Waals surface area contributed by atoms with Crippen molar-refractivity contribution < 1.29 is 14.3 Å². The van der Waals surface area contributed by atoms with E-state index in [9.17, 15) is 4.79 Å². The second-order valence-electron chi connectivity index (χ2n) is 4.57. The van der Waals surface area contributed by atoms with Crippen molar-refractivity contribution in [2.45, 2.75) is 32.3 Å². The van der Waals surface area contributed by atoms with Crippen LogP contribution in [0.5, 0.6) is 0 Å². The van der Waals surface area contributed by atoms with Crippen molar-refractivity contribution in [2.75, 3.05) is 26.8 Å². The number of rotatable bonds is 5. The molecule has 88 valence electrons. The monoisotopic (exact) mass is 215 g/mol. The van der Waals surface area contributed by atoms with E-state index in [4.69, 9.17) is 9.47 Å².